The van der Waals surface area contributed by atoms with Gasteiger partial charge in [0.15, 0.2) is 11.5 Å². The van der Waals surface area contributed by atoms with Crippen molar-refractivity contribution in [2.45, 2.75) is 12.4 Å². The van der Waals surface area contributed by atoms with Gasteiger partial charge in [0.05, 0.1) is 0 Å². The smallest absolute Gasteiger partial charge is 0.486 e. The highest BCUT2D eigenvalue weighted by atomic mass is 32.2. The van der Waals surface area contributed by atoms with Gasteiger partial charge >= 0.3 is 15.6 Å². The van der Waals surface area contributed by atoms with E-state index in [1.807, 2.05) is 13.0 Å². The molecule has 0 amide bonds. The summed E-state index contributed by atoms with van der Waals surface area (Å²) in [5.41, 5.74) is -3.96. The minimum absolute atomic E-state index is 0.550. The van der Waals surface area contributed by atoms with E-state index in [1.54, 1.807) is 6.07 Å². The minimum atomic E-state index is -5.84. The molecule has 0 atom stereocenters. The van der Waals surface area contributed by atoms with Crippen molar-refractivity contribution in [2.24, 2.45) is 0 Å². The van der Waals surface area contributed by atoms with Gasteiger partial charge < -0.3 is 9.47 Å². The molecule has 6 nitrogen and oxygen atoms in total. The van der Waals surface area contributed by atoms with Gasteiger partial charge in [-0.15, -0.1) is 0 Å². The van der Waals surface area contributed by atoms with E-state index in [1.165, 1.54) is 0 Å². The van der Waals surface area contributed by atoms with E-state index in [2.05, 4.69) is 0 Å². The van der Waals surface area contributed by atoms with Gasteiger partial charge in [0, 0.05) is 5.56 Å². The number of carbonyl (C=O) groups is 1. The molecule has 0 bridgehead atoms. The number of benzene rings is 1. The van der Waals surface area contributed by atoms with Crippen molar-refractivity contribution in [1.29, 1.82) is 0 Å². The topological polar surface area (TPSA) is 89.9 Å². The van der Waals surface area contributed by atoms with Crippen molar-refractivity contribution >= 4 is 16.4 Å². The van der Waals surface area contributed by atoms with Crippen LogP contribution in [0.3, 0.4) is 0 Å². The van der Waals surface area contributed by atoms with Crippen molar-refractivity contribution in [2.75, 3.05) is 13.2 Å². The Morgan fingerprint density at radius 2 is 1.62 bits per heavy atom. The van der Waals surface area contributed by atoms with Crippen LogP contribution in [0.25, 0.3) is 0 Å². The molecule has 0 spiro atoms. The van der Waals surface area contributed by atoms with E-state index in [0.717, 1.165) is 17.6 Å². The first kappa shape index (κ1) is 17.2. The summed E-state index contributed by atoms with van der Waals surface area (Å²) in [6.45, 7) is 3.00. The fourth-order valence-electron chi connectivity index (χ4n) is 1.33. The molecule has 21 heavy (non-hydrogen) atoms. The van der Waals surface area contributed by atoms with Crippen LogP contribution >= 0.6 is 0 Å². The number of carbonyl (C=O) groups excluding carboxylic acids is 1. The van der Waals surface area contributed by atoms with Gasteiger partial charge in [0.2, 0.25) is 0 Å². The summed E-state index contributed by atoms with van der Waals surface area (Å²) >= 11 is 0. The van der Waals surface area contributed by atoms with E-state index in [4.69, 9.17) is 22.4 Å². The molecular weight excluding hydrogens is 317 g/mol. The lowest BCUT2D eigenvalue weighted by Crippen LogP contribution is -2.21. The number of rotatable bonds is 1. The molecule has 1 N–H and O–H groups in total. The summed E-state index contributed by atoms with van der Waals surface area (Å²) in [6, 6.07) is 3.55. The van der Waals surface area contributed by atoms with Gasteiger partial charge in [-0.2, -0.15) is 21.6 Å². The Morgan fingerprint density at radius 1 is 1.19 bits per heavy atom. The van der Waals surface area contributed by atoms with Crippen LogP contribution in [0.1, 0.15) is 15.9 Å². The van der Waals surface area contributed by atoms with Gasteiger partial charge in [-0.25, -0.2) is 0 Å². The summed E-state index contributed by atoms with van der Waals surface area (Å²) in [7, 11) is -5.84. The van der Waals surface area contributed by atoms with Crippen molar-refractivity contribution in [3.63, 3.8) is 0 Å². The van der Waals surface area contributed by atoms with Gasteiger partial charge in [-0.3, -0.25) is 9.35 Å². The van der Waals surface area contributed by atoms with Gasteiger partial charge in [-0.1, -0.05) is 0 Å². The second-order valence-corrected chi connectivity index (χ2v) is 5.30. The second kappa shape index (κ2) is 6.31. The molecule has 0 aromatic heterocycles. The van der Waals surface area contributed by atoms with E-state index in [9.17, 15) is 18.0 Å². The van der Waals surface area contributed by atoms with Crippen molar-refractivity contribution < 1.29 is 40.4 Å². The highest BCUT2D eigenvalue weighted by Crippen LogP contribution is 2.32. The third kappa shape index (κ3) is 4.60. The van der Waals surface area contributed by atoms with Gasteiger partial charge in [-0.05, 0) is 24.6 Å². The lowest BCUT2D eigenvalue weighted by atomic mass is 10.1. The van der Waals surface area contributed by atoms with Crippen LogP contribution in [0, 0.1) is 6.92 Å². The normalized spacial score (nSPS) is 14.0. The lowest BCUT2D eigenvalue weighted by Gasteiger charge is -2.19. The van der Waals surface area contributed by atoms with Crippen LogP contribution in [0.15, 0.2) is 12.1 Å². The third-order valence-electron chi connectivity index (χ3n) is 2.35. The molecule has 1 aromatic carbocycles. The quantitative estimate of drug-likeness (QED) is 0.482. The maximum Gasteiger partial charge on any atom is 0.522 e. The molecule has 1 aliphatic heterocycles. The standard InChI is InChI=1S/C10H10O3.CHF3O3S/c1-7-4-9-10(5-8(7)6-11)13-3-2-12-9;2-1(3,4)8(5,6)7/h4-6H,2-3H2,1H3;(H,5,6,7). The average Bonchev–Trinajstić information content (AvgIpc) is 2.36. The summed E-state index contributed by atoms with van der Waals surface area (Å²) in [4.78, 5) is 10.6. The van der Waals surface area contributed by atoms with Crippen molar-refractivity contribution in [1.82, 2.24) is 0 Å². The highest BCUT2D eigenvalue weighted by molar-refractivity contribution is 7.86. The molecule has 1 heterocycles. The molecule has 1 aliphatic rings. The Balaban J connectivity index is 0.000000240. The van der Waals surface area contributed by atoms with Gasteiger partial charge in [0.1, 0.15) is 19.5 Å². The number of halogens is 3. The van der Waals surface area contributed by atoms with Crippen LogP contribution in [-0.2, 0) is 10.1 Å². The first-order chi connectivity index (χ1) is 9.56. The summed E-state index contributed by atoms with van der Waals surface area (Å²) in [5, 5.41) is 0. The Hall–Kier alpha value is -1.81. The Morgan fingerprint density at radius 3 is 2.00 bits per heavy atom. The fraction of sp³-hybridized carbons (Fsp3) is 0.364. The van der Waals surface area contributed by atoms with Crippen LogP contribution in [0.5, 0.6) is 11.5 Å². The SMILES string of the molecule is Cc1cc2c(cc1C=O)OCCO2.O=S(=O)(O)C(F)(F)F. The summed E-state index contributed by atoms with van der Waals surface area (Å²) < 4.78 is 68.2. The van der Waals surface area contributed by atoms with Crippen LogP contribution in [0.2, 0.25) is 0 Å². The predicted octanol–water partition coefficient (Wildman–Crippen LogP) is 1.97. The number of alkyl halides is 3. The zero-order chi connectivity index (χ0) is 16.3. The van der Waals surface area contributed by atoms with E-state index in [0.29, 0.717) is 24.5 Å². The van der Waals surface area contributed by atoms with E-state index < -0.39 is 15.6 Å². The molecule has 2 rings (SSSR count). The maximum absolute atomic E-state index is 10.7. The zero-order valence-corrected chi connectivity index (χ0v) is 11.5. The predicted molar refractivity (Wildman–Crippen MR) is 65.2 cm³/mol. The molecule has 0 aliphatic carbocycles. The molecule has 0 unspecified atom stereocenters. The molecule has 118 valence electrons. The summed E-state index contributed by atoms with van der Waals surface area (Å²) in [6.07, 6.45) is 0.827. The van der Waals surface area contributed by atoms with Gasteiger partial charge in [0.25, 0.3) is 0 Å². The summed E-state index contributed by atoms with van der Waals surface area (Å²) in [5.74, 6) is 1.40. The average molecular weight is 328 g/mol. The number of hydrogen-bond acceptors (Lipinski definition) is 5. The Bertz CT molecular complexity index is 624. The molecule has 0 saturated carbocycles. The number of ether oxygens (including phenoxy) is 2. The highest BCUT2D eigenvalue weighted by Gasteiger charge is 2.44. The molecule has 0 saturated heterocycles. The van der Waals surface area contributed by atoms with Crippen molar-refractivity contribution in [3.8, 4) is 11.5 Å². The Kier molecular flexibility index (Phi) is 5.18. The zero-order valence-electron chi connectivity index (χ0n) is 10.7. The number of fused-ring (bicyclic) bond motifs is 1. The minimum Gasteiger partial charge on any atom is -0.486 e. The van der Waals surface area contributed by atoms with E-state index >= 15 is 0 Å². The van der Waals surface area contributed by atoms with Crippen molar-refractivity contribution in [3.05, 3.63) is 23.3 Å². The first-order valence-electron chi connectivity index (χ1n) is 5.45. The number of aldehydes is 1. The molecule has 0 fully saturated rings. The monoisotopic (exact) mass is 328 g/mol. The van der Waals surface area contributed by atoms with Crippen LogP contribution in [-0.4, -0.2) is 38.0 Å². The number of aryl methyl sites for hydroxylation is 1. The van der Waals surface area contributed by atoms with E-state index in [-0.39, 0.29) is 0 Å². The van der Waals surface area contributed by atoms with Crippen LogP contribution < -0.4 is 9.47 Å². The third-order valence-corrected chi connectivity index (χ3v) is 2.94. The second-order valence-electron chi connectivity index (χ2n) is 3.89. The maximum atomic E-state index is 10.7. The Labute approximate surface area is 118 Å². The lowest BCUT2D eigenvalue weighted by molar-refractivity contribution is -0.0510. The molecule has 10 heteroatoms. The number of hydrogen-bond donors (Lipinski definition) is 1. The molecule has 0 radical (unpaired) electrons. The molecular formula is C11H11F3O6S. The molecule has 1 aromatic rings. The fourth-order valence-corrected chi connectivity index (χ4v) is 1.33. The van der Waals surface area contributed by atoms with Crippen LogP contribution in [0.4, 0.5) is 13.2 Å². The largest absolute Gasteiger partial charge is 0.522 e. The first-order valence-corrected chi connectivity index (χ1v) is 6.89.